The van der Waals surface area contributed by atoms with Crippen molar-refractivity contribution in [1.82, 2.24) is 14.1 Å². The van der Waals surface area contributed by atoms with Crippen molar-refractivity contribution in [2.75, 3.05) is 5.32 Å². The summed E-state index contributed by atoms with van der Waals surface area (Å²) in [6, 6.07) is 16.5. The molecule has 2 aromatic carbocycles. The van der Waals surface area contributed by atoms with E-state index >= 15 is 0 Å². The van der Waals surface area contributed by atoms with Gasteiger partial charge in [0.25, 0.3) is 5.56 Å². The molecule has 8 heteroatoms. The van der Waals surface area contributed by atoms with Crippen LogP contribution >= 0.6 is 11.3 Å². The largest absolute Gasteiger partial charge is 0.331 e. The van der Waals surface area contributed by atoms with Crippen molar-refractivity contribution in [1.29, 1.82) is 0 Å². The normalized spacial score (nSPS) is 10.9. The number of para-hydroxylation sites is 1. The summed E-state index contributed by atoms with van der Waals surface area (Å²) < 4.78 is 2.54. The van der Waals surface area contributed by atoms with Crippen LogP contribution in [-0.4, -0.2) is 20.0 Å². The van der Waals surface area contributed by atoms with E-state index in [1.807, 2.05) is 30.3 Å². The Hall–Kier alpha value is -3.52. The third kappa shape index (κ3) is 4.02. The van der Waals surface area contributed by atoms with Crippen LogP contribution in [0.4, 0.5) is 5.13 Å². The summed E-state index contributed by atoms with van der Waals surface area (Å²) >= 11 is 1.30. The fourth-order valence-corrected chi connectivity index (χ4v) is 3.74. The summed E-state index contributed by atoms with van der Waals surface area (Å²) in [6.07, 6.45) is 2.13. The Bertz CT molecular complexity index is 1260. The minimum absolute atomic E-state index is 0.204. The molecule has 1 N–H and O–H groups in total. The molecule has 0 radical (unpaired) electrons. The van der Waals surface area contributed by atoms with E-state index in [4.69, 9.17) is 0 Å². The zero-order chi connectivity index (χ0) is 20.2. The highest BCUT2D eigenvalue weighted by Crippen LogP contribution is 2.12. The summed E-state index contributed by atoms with van der Waals surface area (Å²) in [5.41, 5.74) is 0.616. The second kappa shape index (κ2) is 8.24. The maximum absolute atomic E-state index is 13.1. The number of amides is 1. The SMILES string of the molecule is O=C(Cn1c(=O)n(CCc2ccccc2)c(=O)c2ccccc21)Nc1nccs1. The summed E-state index contributed by atoms with van der Waals surface area (Å²) in [4.78, 5) is 42.5. The van der Waals surface area contributed by atoms with E-state index in [0.717, 1.165) is 5.56 Å². The van der Waals surface area contributed by atoms with Crippen LogP contribution in [0.15, 0.2) is 75.8 Å². The highest BCUT2D eigenvalue weighted by atomic mass is 32.1. The van der Waals surface area contributed by atoms with E-state index in [2.05, 4.69) is 10.3 Å². The molecule has 2 heterocycles. The Morgan fingerprint density at radius 2 is 1.76 bits per heavy atom. The molecule has 2 aromatic heterocycles. The number of hydrogen-bond acceptors (Lipinski definition) is 5. The number of rotatable bonds is 6. The standard InChI is InChI=1S/C21H18N4O3S/c26-18(23-20-22-11-13-29-20)14-25-17-9-5-4-8-16(17)19(27)24(21(25)28)12-10-15-6-2-1-3-7-15/h1-9,11,13H,10,12,14H2,(H,22,23,26). The van der Waals surface area contributed by atoms with E-state index in [0.29, 0.717) is 22.5 Å². The van der Waals surface area contributed by atoms with Crippen LogP contribution in [0.2, 0.25) is 0 Å². The molecule has 1 amide bonds. The van der Waals surface area contributed by atoms with E-state index in [9.17, 15) is 14.4 Å². The molecule has 0 bridgehead atoms. The number of fused-ring (bicyclic) bond motifs is 1. The second-order valence-electron chi connectivity index (χ2n) is 6.46. The highest BCUT2D eigenvalue weighted by Gasteiger charge is 2.15. The van der Waals surface area contributed by atoms with Gasteiger partial charge in [-0.3, -0.25) is 18.7 Å². The quantitative estimate of drug-likeness (QED) is 0.533. The molecule has 0 atom stereocenters. The monoisotopic (exact) mass is 406 g/mol. The first-order valence-electron chi connectivity index (χ1n) is 9.09. The van der Waals surface area contributed by atoms with Gasteiger partial charge in [-0.2, -0.15) is 0 Å². The van der Waals surface area contributed by atoms with E-state index in [-0.39, 0.29) is 24.6 Å². The lowest BCUT2D eigenvalue weighted by Crippen LogP contribution is -2.42. The minimum atomic E-state index is -0.501. The smallest absolute Gasteiger partial charge is 0.300 e. The topological polar surface area (TPSA) is 86.0 Å². The molecular weight excluding hydrogens is 388 g/mol. The number of benzene rings is 2. The van der Waals surface area contributed by atoms with Gasteiger partial charge in [0.1, 0.15) is 6.54 Å². The molecule has 0 aliphatic rings. The van der Waals surface area contributed by atoms with Crippen LogP contribution in [0, 0.1) is 0 Å². The van der Waals surface area contributed by atoms with Gasteiger partial charge < -0.3 is 5.32 Å². The number of nitrogens with one attached hydrogen (secondary N) is 1. The fraction of sp³-hybridized carbons (Fsp3) is 0.143. The predicted octanol–water partition coefficient (Wildman–Crippen LogP) is 2.50. The van der Waals surface area contributed by atoms with Crippen molar-refractivity contribution < 1.29 is 4.79 Å². The Balaban J connectivity index is 1.71. The fourth-order valence-electron chi connectivity index (χ4n) is 3.19. The van der Waals surface area contributed by atoms with Crippen LogP contribution in [0.3, 0.4) is 0 Å². The molecule has 4 rings (SSSR count). The maximum Gasteiger partial charge on any atom is 0.331 e. The van der Waals surface area contributed by atoms with Crippen molar-refractivity contribution in [3.63, 3.8) is 0 Å². The summed E-state index contributed by atoms with van der Waals surface area (Å²) in [6.45, 7) is 0.0329. The average Bonchev–Trinajstić information content (AvgIpc) is 3.25. The first kappa shape index (κ1) is 18.8. The molecule has 0 saturated carbocycles. The van der Waals surface area contributed by atoms with Gasteiger partial charge in [0.05, 0.1) is 10.9 Å². The lowest BCUT2D eigenvalue weighted by atomic mass is 10.1. The number of anilines is 1. The van der Waals surface area contributed by atoms with E-state index in [1.54, 1.807) is 35.8 Å². The molecular formula is C21H18N4O3S. The van der Waals surface area contributed by atoms with Gasteiger partial charge in [-0.15, -0.1) is 11.3 Å². The molecule has 0 saturated heterocycles. The predicted molar refractivity (Wildman–Crippen MR) is 113 cm³/mol. The van der Waals surface area contributed by atoms with Gasteiger partial charge in [0.15, 0.2) is 5.13 Å². The third-order valence-electron chi connectivity index (χ3n) is 4.58. The Morgan fingerprint density at radius 3 is 2.52 bits per heavy atom. The second-order valence-corrected chi connectivity index (χ2v) is 7.36. The number of nitrogens with zero attached hydrogens (tertiary/aromatic N) is 3. The number of aromatic nitrogens is 3. The zero-order valence-electron chi connectivity index (χ0n) is 15.4. The van der Waals surface area contributed by atoms with Gasteiger partial charge >= 0.3 is 5.69 Å². The van der Waals surface area contributed by atoms with Gasteiger partial charge in [-0.1, -0.05) is 42.5 Å². The number of aryl methyl sites for hydroxylation is 1. The molecule has 146 valence electrons. The van der Waals surface area contributed by atoms with E-state index < -0.39 is 5.69 Å². The van der Waals surface area contributed by atoms with Gasteiger partial charge in [-0.25, -0.2) is 9.78 Å². The van der Waals surface area contributed by atoms with Crippen molar-refractivity contribution in [3.05, 3.63) is 92.6 Å². The van der Waals surface area contributed by atoms with Gasteiger partial charge in [0.2, 0.25) is 5.91 Å². The van der Waals surface area contributed by atoms with Crippen LogP contribution in [0.5, 0.6) is 0 Å². The molecule has 0 fully saturated rings. The van der Waals surface area contributed by atoms with E-state index in [1.165, 1.54) is 20.5 Å². The number of carbonyl (C=O) groups is 1. The van der Waals surface area contributed by atoms with Gasteiger partial charge in [-0.05, 0) is 24.1 Å². The first-order chi connectivity index (χ1) is 14.1. The summed E-state index contributed by atoms with van der Waals surface area (Å²) in [5, 5.41) is 5.29. The number of hydrogen-bond donors (Lipinski definition) is 1. The molecule has 0 unspecified atom stereocenters. The molecule has 4 aromatic rings. The molecule has 0 aliphatic carbocycles. The lowest BCUT2D eigenvalue weighted by molar-refractivity contribution is -0.116. The van der Waals surface area contributed by atoms with Gasteiger partial charge in [0, 0.05) is 18.1 Å². The van der Waals surface area contributed by atoms with Crippen LogP contribution in [0.25, 0.3) is 10.9 Å². The van der Waals surface area contributed by atoms with Crippen molar-refractivity contribution >= 4 is 33.3 Å². The zero-order valence-corrected chi connectivity index (χ0v) is 16.3. The summed E-state index contributed by atoms with van der Waals surface area (Å²) in [7, 11) is 0. The van der Waals surface area contributed by atoms with Crippen molar-refractivity contribution in [2.24, 2.45) is 0 Å². The molecule has 0 aliphatic heterocycles. The Morgan fingerprint density at radius 1 is 1.00 bits per heavy atom. The van der Waals surface area contributed by atoms with Crippen LogP contribution < -0.4 is 16.6 Å². The van der Waals surface area contributed by atoms with Crippen LogP contribution in [0.1, 0.15) is 5.56 Å². The summed E-state index contributed by atoms with van der Waals surface area (Å²) in [5.74, 6) is -0.375. The number of thiazole rings is 1. The number of carbonyl (C=O) groups excluding carboxylic acids is 1. The molecule has 29 heavy (non-hydrogen) atoms. The maximum atomic E-state index is 13.1. The molecule has 7 nitrogen and oxygen atoms in total. The minimum Gasteiger partial charge on any atom is -0.300 e. The van der Waals surface area contributed by atoms with Crippen molar-refractivity contribution in [2.45, 2.75) is 19.5 Å². The highest BCUT2D eigenvalue weighted by molar-refractivity contribution is 7.13. The Labute approximate surface area is 169 Å². The average molecular weight is 406 g/mol. The van der Waals surface area contributed by atoms with Crippen LogP contribution in [-0.2, 0) is 24.3 Å². The Kier molecular flexibility index (Phi) is 5.35. The first-order valence-corrected chi connectivity index (χ1v) is 9.97. The third-order valence-corrected chi connectivity index (χ3v) is 5.27. The van der Waals surface area contributed by atoms with Crippen molar-refractivity contribution in [3.8, 4) is 0 Å². The molecule has 0 spiro atoms. The lowest BCUT2D eigenvalue weighted by Gasteiger charge is -2.14.